The molecular formula is C37H47Cl2N5O4. The first-order chi connectivity index (χ1) is 22.7. The molecule has 2 amide bonds. The Hall–Kier alpha value is -3.21. The molecule has 9 nitrogen and oxygen atoms in total. The molecule has 0 spiro atoms. The van der Waals surface area contributed by atoms with Crippen LogP contribution in [0.25, 0.3) is 0 Å². The first kappa shape index (κ1) is 36.1. The zero-order valence-electron chi connectivity index (χ0n) is 28.7. The molecule has 3 heterocycles. The van der Waals surface area contributed by atoms with E-state index in [9.17, 15) is 10.2 Å². The second kappa shape index (κ2) is 14.3. The minimum Gasteiger partial charge on any atom is -0.493 e. The quantitative estimate of drug-likeness (QED) is 0.267. The number of rotatable bonds is 9. The number of carbonyl (C=O) groups is 1. The second-order valence-electron chi connectivity index (χ2n) is 13.9. The molecule has 3 aromatic rings. The maximum absolute atomic E-state index is 15.1. The van der Waals surface area contributed by atoms with Gasteiger partial charge in [0.15, 0.2) is 0 Å². The van der Waals surface area contributed by atoms with Crippen molar-refractivity contribution >= 4 is 35.1 Å². The van der Waals surface area contributed by atoms with Gasteiger partial charge in [0.2, 0.25) is 0 Å². The lowest BCUT2D eigenvalue weighted by Crippen LogP contribution is -2.60. The highest BCUT2D eigenvalue weighted by atomic mass is 35.5. The number of ether oxygens (including phenoxy) is 1. The molecule has 1 aromatic heterocycles. The molecule has 48 heavy (non-hydrogen) atoms. The van der Waals surface area contributed by atoms with Gasteiger partial charge in [-0.1, -0.05) is 68.2 Å². The Labute approximate surface area is 294 Å². The average Bonchev–Trinajstić information content (AvgIpc) is 3.31. The number of hydrogen-bond acceptors (Lipinski definition) is 7. The highest BCUT2D eigenvalue weighted by Crippen LogP contribution is 2.54. The van der Waals surface area contributed by atoms with E-state index in [1.54, 1.807) is 6.20 Å². The van der Waals surface area contributed by atoms with Gasteiger partial charge in [-0.25, -0.2) is 4.79 Å². The van der Waals surface area contributed by atoms with E-state index in [0.29, 0.717) is 72.9 Å². The van der Waals surface area contributed by atoms with Crippen LogP contribution in [0.4, 0.5) is 4.79 Å². The zero-order valence-corrected chi connectivity index (χ0v) is 30.2. The van der Waals surface area contributed by atoms with Crippen LogP contribution in [0.2, 0.25) is 10.0 Å². The number of carbonyl (C=O) groups excluding carboxylic acids is 1. The molecule has 258 valence electrons. The van der Waals surface area contributed by atoms with E-state index < -0.39 is 17.2 Å². The van der Waals surface area contributed by atoms with Gasteiger partial charge in [0, 0.05) is 66.1 Å². The first-order valence-electron chi connectivity index (χ1n) is 16.6. The van der Waals surface area contributed by atoms with Crippen molar-refractivity contribution in [3.05, 3.63) is 93.2 Å². The van der Waals surface area contributed by atoms with E-state index >= 15 is 4.79 Å². The van der Waals surface area contributed by atoms with Crippen molar-refractivity contribution in [2.45, 2.75) is 70.6 Å². The summed E-state index contributed by atoms with van der Waals surface area (Å²) in [5.74, 6) is 1.08. The van der Waals surface area contributed by atoms with Crippen molar-refractivity contribution in [3.8, 4) is 5.75 Å². The molecule has 0 bridgehead atoms. The number of halogens is 2. The molecular weight excluding hydrogens is 649 g/mol. The molecule has 0 aliphatic carbocycles. The van der Waals surface area contributed by atoms with E-state index in [0.717, 1.165) is 16.8 Å². The molecule has 1 unspecified atom stereocenters. The molecule has 11 heteroatoms. The highest BCUT2D eigenvalue weighted by molar-refractivity contribution is 6.30. The molecule has 0 radical (unpaired) electrons. The summed E-state index contributed by atoms with van der Waals surface area (Å²) in [4.78, 5) is 31.4. The lowest BCUT2D eigenvalue weighted by Gasteiger charge is -2.47. The van der Waals surface area contributed by atoms with Gasteiger partial charge >= 0.3 is 6.03 Å². The Kier molecular flexibility index (Phi) is 10.8. The van der Waals surface area contributed by atoms with Gasteiger partial charge in [-0.2, -0.15) is 0 Å². The van der Waals surface area contributed by atoms with Crippen molar-refractivity contribution in [2.24, 2.45) is 4.99 Å². The van der Waals surface area contributed by atoms with E-state index in [4.69, 9.17) is 37.9 Å². The third-order valence-corrected chi connectivity index (χ3v) is 10.3. The fourth-order valence-electron chi connectivity index (χ4n) is 6.58. The zero-order chi connectivity index (χ0) is 34.9. The molecule has 2 aromatic carbocycles. The van der Waals surface area contributed by atoms with Gasteiger partial charge in [0.05, 0.1) is 24.9 Å². The molecule has 1 saturated heterocycles. The Morgan fingerprint density at radius 2 is 1.56 bits per heavy atom. The van der Waals surface area contributed by atoms with Crippen LogP contribution in [0.1, 0.15) is 70.3 Å². The smallest absolute Gasteiger partial charge is 0.326 e. The van der Waals surface area contributed by atoms with Crippen LogP contribution >= 0.6 is 23.2 Å². The molecule has 1 fully saturated rings. The predicted molar refractivity (Wildman–Crippen MR) is 191 cm³/mol. The number of aliphatic hydroxyl groups is 2. The van der Waals surface area contributed by atoms with Gasteiger partial charge in [0.25, 0.3) is 0 Å². The summed E-state index contributed by atoms with van der Waals surface area (Å²) in [6, 6.07) is 17.0. The number of amides is 2. The van der Waals surface area contributed by atoms with Crippen LogP contribution < -0.4 is 4.74 Å². The Balaban J connectivity index is 1.67. The van der Waals surface area contributed by atoms with E-state index in [2.05, 4.69) is 39.5 Å². The van der Waals surface area contributed by atoms with E-state index in [1.165, 1.54) is 0 Å². The Morgan fingerprint density at radius 1 is 0.979 bits per heavy atom. The summed E-state index contributed by atoms with van der Waals surface area (Å²) in [6.45, 7) is 15.4. The number of amidine groups is 1. The van der Waals surface area contributed by atoms with Crippen LogP contribution in [0, 0.1) is 0 Å². The number of aliphatic hydroxyl groups excluding tert-OH is 2. The number of aliphatic imine (C=N–C) groups is 1. The lowest BCUT2D eigenvalue weighted by molar-refractivity contribution is 0.0624. The van der Waals surface area contributed by atoms with Gasteiger partial charge in [0.1, 0.15) is 22.7 Å². The molecule has 2 N–H and O–H groups in total. The number of nitrogens with zero attached hydrogens (tertiary/aromatic N) is 5. The number of pyridine rings is 1. The van der Waals surface area contributed by atoms with Crippen LogP contribution in [0.15, 0.2) is 65.8 Å². The van der Waals surface area contributed by atoms with Crippen molar-refractivity contribution in [1.82, 2.24) is 19.7 Å². The van der Waals surface area contributed by atoms with Crippen molar-refractivity contribution in [1.29, 1.82) is 0 Å². The summed E-state index contributed by atoms with van der Waals surface area (Å²) in [5.41, 5.74) is 1.05. The Morgan fingerprint density at radius 3 is 2.10 bits per heavy atom. The van der Waals surface area contributed by atoms with E-state index in [-0.39, 0.29) is 18.1 Å². The summed E-state index contributed by atoms with van der Waals surface area (Å²) < 4.78 is 6.26. The minimum atomic E-state index is -1.02. The normalized spacial score (nSPS) is 22.5. The maximum Gasteiger partial charge on any atom is 0.326 e. The van der Waals surface area contributed by atoms with Gasteiger partial charge in [-0.3, -0.25) is 19.8 Å². The number of aromatic nitrogens is 1. The fraction of sp³-hybridized carbons (Fsp3) is 0.486. The minimum absolute atomic E-state index is 0.179. The third-order valence-electron chi connectivity index (χ3n) is 9.75. The van der Waals surface area contributed by atoms with E-state index in [1.807, 2.05) is 71.3 Å². The van der Waals surface area contributed by atoms with Gasteiger partial charge < -0.3 is 19.8 Å². The van der Waals surface area contributed by atoms with Crippen LogP contribution in [-0.2, 0) is 16.5 Å². The van der Waals surface area contributed by atoms with Crippen LogP contribution in [0.3, 0.4) is 0 Å². The first-order valence-corrected chi connectivity index (χ1v) is 17.3. The molecule has 3 atom stereocenters. The summed E-state index contributed by atoms with van der Waals surface area (Å²) in [7, 11) is 0. The monoisotopic (exact) mass is 695 g/mol. The summed E-state index contributed by atoms with van der Waals surface area (Å²) >= 11 is 12.8. The standard InChI is InChI=1S/C37H47Cl2N5O4/c1-7-48-31-22-32(35(2,3)4)40-23-30(31)33-41-36(5,25-8-12-27(38)13-9-25)37(6,26-10-14-28(39)15-11-26)44(33)34(47)43-20-18-42(19-21-43)17-16-29(46)24-45/h8-15,22-23,29,45-46H,7,16-21,24H2,1-6H3/t29?,36-,37+/m0/s1. The highest BCUT2D eigenvalue weighted by Gasteiger charge is 2.60. The maximum atomic E-state index is 15.1. The van der Waals surface area contributed by atoms with Crippen molar-refractivity contribution < 1.29 is 19.7 Å². The van der Waals surface area contributed by atoms with Crippen LogP contribution in [0.5, 0.6) is 5.75 Å². The van der Waals surface area contributed by atoms with Crippen molar-refractivity contribution in [2.75, 3.05) is 45.9 Å². The van der Waals surface area contributed by atoms with Crippen LogP contribution in [-0.4, -0.2) is 93.8 Å². The molecule has 0 saturated carbocycles. The molecule has 2 aliphatic heterocycles. The lowest BCUT2D eigenvalue weighted by atomic mass is 9.71. The Bertz CT molecular complexity index is 1620. The topological polar surface area (TPSA) is 102 Å². The average molecular weight is 697 g/mol. The number of piperazine rings is 1. The summed E-state index contributed by atoms with van der Waals surface area (Å²) in [6.07, 6.45) is 1.50. The predicted octanol–water partition coefficient (Wildman–Crippen LogP) is 6.46. The molecule has 5 rings (SSSR count). The van der Waals surface area contributed by atoms with Gasteiger partial charge in [-0.05, 0) is 62.6 Å². The SMILES string of the molecule is CCOc1cc(C(C)(C)C)ncc1C1=N[C@@](C)(c2ccc(Cl)cc2)[C@@](C)(c2ccc(Cl)cc2)N1C(=O)N1CCN(CCC(O)CO)CC1. The second-order valence-corrected chi connectivity index (χ2v) is 14.8. The molecule has 2 aliphatic rings. The number of hydrogen-bond donors (Lipinski definition) is 2. The number of urea groups is 1. The third kappa shape index (κ3) is 6.94. The van der Waals surface area contributed by atoms with Crippen molar-refractivity contribution in [3.63, 3.8) is 0 Å². The largest absolute Gasteiger partial charge is 0.493 e. The van der Waals surface area contributed by atoms with Gasteiger partial charge in [-0.15, -0.1) is 0 Å². The number of benzene rings is 2. The fourth-order valence-corrected chi connectivity index (χ4v) is 6.84. The summed E-state index contributed by atoms with van der Waals surface area (Å²) in [5, 5.41) is 20.3.